The first kappa shape index (κ1) is 98.1. The van der Waals surface area contributed by atoms with E-state index < -0.39 is 97.5 Å². The van der Waals surface area contributed by atoms with Crippen LogP contribution in [0.25, 0.3) is 0 Å². The number of hydrogen-bond donors (Lipinski definition) is 3. The van der Waals surface area contributed by atoms with Crippen molar-refractivity contribution in [1.29, 1.82) is 0 Å². The van der Waals surface area contributed by atoms with Crippen LogP contribution in [0.4, 0.5) is 0 Å². The van der Waals surface area contributed by atoms with Gasteiger partial charge in [0.2, 0.25) is 0 Å². The van der Waals surface area contributed by atoms with Gasteiger partial charge in [-0.05, 0) is 43.4 Å². The summed E-state index contributed by atoms with van der Waals surface area (Å²) in [5, 5.41) is 10.6. The number of carbonyl (C=O) groups is 4. The SMILES string of the molecule is CCCCCCCCCCCCCCCCCCCCC(=O)O[C@H](COC(=O)CCCCCCCCCCCCCCCC(C)C)COP(=O)(O)OC[C@@H](O)COP(=O)(O)OC[C@@H](COC(=O)CCCCCCCCCCC(C)CC)OC(=O)CCCCCCCCCCCCCC(C)C. The fraction of sp³-hybridized carbons (Fsp3) is 0.951. The Labute approximate surface area is 613 Å². The number of phosphoric ester groups is 2. The number of hydrogen-bond acceptors (Lipinski definition) is 15. The zero-order valence-corrected chi connectivity index (χ0v) is 67.5. The van der Waals surface area contributed by atoms with E-state index in [1.807, 2.05) is 0 Å². The van der Waals surface area contributed by atoms with E-state index in [1.54, 1.807) is 0 Å². The van der Waals surface area contributed by atoms with Crippen LogP contribution in [-0.2, 0) is 65.4 Å². The highest BCUT2D eigenvalue weighted by molar-refractivity contribution is 7.47. The van der Waals surface area contributed by atoms with Gasteiger partial charge in [0.15, 0.2) is 12.2 Å². The molecule has 0 radical (unpaired) electrons. The Kier molecular flexibility index (Phi) is 69.9. The molecule has 0 aliphatic carbocycles. The summed E-state index contributed by atoms with van der Waals surface area (Å²) < 4.78 is 68.8. The van der Waals surface area contributed by atoms with E-state index in [-0.39, 0.29) is 25.7 Å². The molecule has 17 nitrogen and oxygen atoms in total. The monoisotopic (exact) mass is 1470 g/mol. The van der Waals surface area contributed by atoms with Crippen molar-refractivity contribution in [3.8, 4) is 0 Å². The molecule has 0 rings (SSSR count). The summed E-state index contributed by atoms with van der Waals surface area (Å²) in [7, 11) is -9.92. The number of aliphatic hydroxyl groups excluding tert-OH is 1. The Morgan fingerprint density at radius 2 is 0.510 bits per heavy atom. The van der Waals surface area contributed by atoms with E-state index in [1.165, 1.54) is 231 Å². The average molecular weight is 1470 g/mol. The van der Waals surface area contributed by atoms with Crippen molar-refractivity contribution < 1.29 is 80.2 Å². The highest BCUT2D eigenvalue weighted by atomic mass is 31.2. The third kappa shape index (κ3) is 73.0. The van der Waals surface area contributed by atoms with E-state index in [2.05, 4.69) is 48.5 Å². The first-order chi connectivity index (χ1) is 48.3. The zero-order chi connectivity index (χ0) is 73.7. The zero-order valence-electron chi connectivity index (χ0n) is 65.7. The number of ether oxygens (including phenoxy) is 4. The number of phosphoric acid groups is 2. The van der Waals surface area contributed by atoms with Crippen LogP contribution in [0.5, 0.6) is 0 Å². The molecule has 0 aliphatic heterocycles. The summed E-state index contributed by atoms with van der Waals surface area (Å²) in [5.41, 5.74) is 0. The maximum Gasteiger partial charge on any atom is 0.472 e. The predicted octanol–water partition coefficient (Wildman–Crippen LogP) is 24.1. The molecule has 19 heteroatoms. The summed E-state index contributed by atoms with van der Waals surface area (Å²) in [6, 6.07) is 0. The van der Waals surface area contributed by atoms with E-state index in [0.29, 0.717) is 25.7 Å². The Bertz CT molecular complexity index is 1940. The van der Waals surface area contributed by atoms with Gasteiger partial charge in [-0.2, -0.15) is 0 Å². The number of carbonyl (C=O) groups excluding carboxylic acids is 4. The summed E-state index contributed by atoms with van der Waals surface area (Å²) in [6.45, 7) is 12.0. The second-order valence-corrected chi connectivity index (χ2v) is 33.3. The van der Waals surface area contributed by atoms with Crippen molar-refractivity contribution in [2.24, 2.45) is 17.8 Å². The lowest BCUT2D eigenvalue weighted by atomic mass is 9.99. The minimum Gasteiger partial charge on any atom is -0.462 e. The minimum atomic E-state index is -4.96. The third-order valence-corrected chi connectivity index (χ3v) is 21.1. The molecule has 0 bridgehead atoms. The van der Waals surface area contributed by atoms with Crippen molar-refractivity contribution in [3.05, 3.63) is 0 Å². The summed E-state index contributed by atoms with van der Waals surface area (Å²) in [4.78, 5) is 73.1. The third-order valence-electron chi connectivity index (χ3n) is 19.2. The summed E-state index contributed by atoms with van der Waals surface area (Å²) in [6.07, 6.45) is 59.5. The molecule has 0 fully saturated rings. The highest BCUT2D eigenvalue weighted by Crippen LogP contribution is 2.45. The smallest absolute Gasteiger partial charge is 0.462 e. The maximum absolute atomic E-state index is 13.1. The van der Waals surface area contributed by atoms with Gasteiger partial charge in [-0.25, -0.2) is 9.13 Å². The number of esters is 4. The van der Waals surface area contributed by atoms with Gasteiger partial charge in [-0.3, -0.25) is 37.3 Å². The Morgan fingerprint density at radius 3 is 0.760 bits per heavy atom. The molecule has 0 aromatic heterocycles. The van der Waals surface area contributed by atoms with Gasteiger partial charge < -0.3 is 33.8 Å². The van der Waals surface area contributed by atoms with Crippen molar-refractivity contribution in [2.75, 3.05) is 39.6 Å². The van der Waals surface area contributed by atoms with Crippen molar-refractivity contribution in [1.82, 2.24) is 0 Å². The molecule has 0 amide bonds. The molecule has 0 aromatic carbocycles. The quantitative estimate of drug-likeness (QED) is 0.0222. The van der Waals surface area contributed by atoms with Crippen LogP contribution in [-0.4, -0.2) is 96.7 Å². The molecule has 0 aromatic rings. The molecule has 594 valence electrons. The molecule has 0 saturated heterocycles. The molecule has 0 spiro atoms. The average Bonchev–Trinajstić information content (AvgIpc) is 0.940. The molecule has 0 heterocycles. The number of unbranched alkanes of at least 4 members (excludes halogenated alkanes) is 46. The van der Waals surface area contributed by atoms with E-state index in [9.17, 15) is 43.2 Å². The molecule has 3 unspecified atom stereocenters. The Morgan fingerprint density at radius 1 is 0.290 bits per heavy atom. The molecular formula is C81H158O17P2. The van der Waals surface area contributed by atoms with Crippen LogP contribution in [0.2, 0.25) is 0 Å². The van der Waals surface area contributed by atoms with Crippen LogP contribution in [0.3, 0.4) is 0 Å². The maximum atomic E-state index is 13.1. The van der Waals surface area contributed by atoms with Gasteiger partial charge in [0.1, 0.15) is 19.3 Å². The fourth-order valence-electron chi connectivity index (χ4n) is 12.5. The van der Waals surface area contributed by atoms with Crippen LogP contribution in [0.15, 0.2) is 0 Å². The van der Waals surface area contributed by atoms with Gasteiger partial charge in [-0.1, -0.05) is 370 Å². The van der Waals surface area contributed by atoms with E-state index in [4.69, 9.17) is 37.0 Å². The molecule has 0 aliphatic rings. The Balaban J connectivity index is 5.27. The predicted molar refractivity (Wildman–Crippen MR) is 409 cm³/mol. The van der Waals surface area contributed by atoms with Gasteiger partial charge in [0, 0.05) is 25.7 Å². The van der Waals surface area contributed by atoms with E-state index in [0.717, 1.165) is 108 Å². The molecule has 100 heavy (non-hydrogen) atoms. The molecule has 0 saturated carbocycles. The highest BCUT2D eigenvalue weighted by Gasteiger charge is 2.30. The molecule has 6 atom stereocenters. The first-order valence-electron chi connectivity index (χ1n) is 41.9. The van der Waals surface area contributed by atoms with E-state index >= 15 is 0 Å². The van der Waals surface area contributed by atoms with Gasteiger partial charge in [0.25, 0.3) is 0 Å². The topological polar surface area (TPSA) is 237 Å². The first-order valence-corrected chi connectivity index (χ1v) is 44.9. The normalized spacial score (nSPS) is 14.2. The fourth-order valence-corrected chi connectivity index (χ4v) is 14.0. The number of aliphatic hydroxyl groups is 1. The van der Waals surface area contributed by atoms with Crippen molar-refractivity contribution in [2.45, 2.75) is 439 Å². The lowest BCUT2D eigenvalue weighted by Gasteiger charge is -2.21. The number of rotatable bonds is 79. The standard InChI is InChI=1S/C81H158O17P2/c1-8-10-11-12-13-14-15-16-17-18-19-20-23-29-34-43-50-57-64-80(85)97-76(68-91-78(83)62-55-48-41-33-28-24-21-22-26-31-38-45-52-59-72(3)4)70-95-99(87,88)93-66-75(82)67-94-100(89,90)96-71-77(69-92-79(84)63-56-49-42-37-36-40-47-54-61-74(7)9-2)98-81(86)65-58-51-44-35-30-25-27-32-39-46-53-60-73(5)6/h72-77,82H,8-71H2,1-7H3,(H,87,88)(H,89,90)/t74?,75-,76-,77-/m1/s1. The van der Waals surface area contributed by atoms with Crippen LogP contribution >= 0.6 is 15.6 Å². The summed E-state index contributed by atoms with van der Waals surface area (Å²) >= 11 is 0. The van der Waals surface area contributed by atoms with Crippen LogP contribution in [0, 0.1) is 17.8 Å². The van der Waals surface area contributed by atoms with Crippen molar-refractivity contribution in [3.63, 3.8) is 0 Å². The van der Waals surface area contributed by atoms with Crippen LogP contribution in [0.1, 0.15) is 421 Å². The van der Waals surface area contributed by atoms with Gasteiger partial charge >= 0.3 is 39.5 Å². The second-order valence-electron chi connectivity index (χ2n) is 30.4. The van der Waals surface area contributed by atoms with Crippen molar-refractivity contribution >= 4 is 39.5 Å². The molecule has 3 N–H and O–H groups in total. The van der Waals surface area contributed by atoms with Gasteiger partial charge in [-0.15, -0.1) is 0 Å². The second kappa shape index (κ2) is 71.3. The Hall–Kier alpha value is -1.94. The van der Waals surface area contributed by atoms with Crippen LogP contribution < -0.4 is 0 Å². The minimum absolute atomic E-state index is 0.106. The van der Waals surface area contributed by atoms with Gasteiger partial charge in [0.05, 0.1) is 26.4 Å². The largest absolute Gasteiger partial charge is 0.472 e. The summed E-state index contributed by atoms with van der Waals surface area (Å²) in [5.74, 6) is 0.224. The lowest BCUT2D eigenvalue weighted by molar-refractivity contribution is -0.161. The lowest BCUT2D eigenvalue weighted by Crippen LogP contribution is -2.30. The molecular weight excluding hydrogens is 1310 g/mol.